The number of benzene rings is 1. The molecule has 0 aliphatic rings. The number of carbonyl (C=O) groups is 1. The standard InChI is InChI=1S/C14H16F3NO2/c1-3-10(13(19)20-2)8-9-18-12-6-4-11(5-7-12)14(15,16)17/h4-8,18H,3,9H2,1-2H3/b10-8-. The fourth-order valence-electron chi connectivity index (χ4n) is 1.57. The molecular formula is C14H16F3NO2. The van der Waals surface area contributed by atoms with Crippen molar-refractivity contribution in [1.29, 1.82) is 0 Å². The van der Waals surface area contributed by atoms with E-state index in [0.29, 0.717) is 24.2 Å². The molecule has 0 atom stereocenters. The molecular weight excluding hydrogens is 271 g/mol. The molecule has 6 heteroatoms. The van der Waals surface area contributed by atoms with Crippen LogP contribution in [0.4, 0.5) is 18.9 Å². The molecule has 0 saturated heterocycles. The number of esters is 1. The van der Waals surface area contributed by atoms with Gasteiger partial charge in [-0.1, -0.05) is 13.0 Å². The molecule has 3 nitrogen and oxygen atoms in total. The highest BCUT2D eigenvalue weighted by Crippen LogP contribution is 2.29. The van der Waals surface area contributed by atoms with E-state index < -0.39 is 17.7 Å². The predicted octanol–water partition coefficient (Wildman–Crippen LogP) is 3.63. The maximum Gasteiger partial charge on any atom is 0.416 e. The lowest BCUT2D eigenvalue weighted by molar-refractivity contribution is -0.138. The van der Waals surface area contributed by atoms with Crippen molar-refractivity contribution in [2.45, 2.75) is 19.5 Å². The Balaban J connectivity index is 2.62. The molecule has 0 aliphatic carbocycles. The SMILES string of the molecule is CC/C(=C/CNc1ccc(C(F)(F)F)cc1)C(=O)OC. The predicted molar refractivity (Wildman–Crippen MR) is 70.3 cm³/mol. The quantitative estimate of drug-likeness (QED) is 0.664. The second-order valence-corrected chi connectivity index (χ2v) is 4.03. The number of ether oxygens (including phenoxy) is 1. The first-order valence-corrected chi connectivity index (χ1v) is 6.07. The lowest BCUT2D eigenvalue weighted by atomic mass is 10.2. The van der Waals surface area contributed by atoms with E-state index in [9.17, 15) is 18.0 Å². The van der Waals surface area contributed by atoms with Gasteiger partial charge in [0.25, 0.3) is 0 Å². The fourth-order valence-corrected chi connectivity index (χ4v) is 1.57. The van der Waals surface area contributed by atoms with Gasteiger partial charge in [-0.25, -0.2) is 4.79 Å². The van der Waals surface area contributed by atoms with Crippen molar-refractivity contribution < 1.29 is 22.7 Å². The van der Waals surface area contributed by atoms with E-state index in [0.717, 1.165) is 12.1 Å². The average Bonchev–Trinajstić information content (AvgIpc) is 2.42. The van der Waals surface area contributed by atoms with Gasteiger partial charge in [-0.05, 0) is 30.7 Å². The molecule has 110 valence electrons. The number of methoxy groups -OCH3 is 1. The third-order valence-corrected chi connectivity index (χ3v) is 2.70. The van der Waals surface area contributed by atoms with Gasteiger partial charge in [0.1, 0.15) is 0 Å². The van der Waals surface area contributed by atoms with Crippen molar-refractivity contribution in [3.8, 4) is 0 Å². The van der Waals surface area contributed by atoms with Gasteiger partial charge in [-0.2, -0.15) is 13.2 Å². The van der Waals surface area contributed by atoms with E-state index in [1.54, 1.807) is 6.08 Å². The van der Waals surface area contributed by atoms with E-state index >= 15 is 0 Å². The van der Waals surface area contributed by atoms with Gasteiger partial charge in [-0.15, -0.1) is 0 Å². The second-order valence-electron chi connectivity index (χ2n) is 4.03. The first kappa shape index (κ1) is 16.1. The van der Waals surface area contributed by atoms with Gasteiger partial charge < -0.3 is 10.1 Å². The van der Waals surface area contributed by atoms with Crippen LogP contribution in [0.5, 0.6) is 0 Å². The highest BCUT2D eigenvalue weighted by atomic mass is 19.4. The number of hydrogen-bond donors (Lipinski definition) is 1. The molecule has 0 heterocycles. The maximum absolute atomic E-state index is 12.4. The van der Waals surface area contributed by atoms with Crippen LogP contribution in [0.1, 0.15) is 18.9 Å². The van der Waals surface area contributed by atoms with Crippen LogP contribution in [0.15, 0.2) is 35.9 Å². The van der Waals surface area contributed by atoms with Crippen LogP contribution >= 0.6 is 0 Å². The number of halogens is 3. The molecule has 0 radical (unpaired) electrons. The molecule has 0 bridgehead atoms. The summed E-state index contributed by atoms with van der Waals surface area (Å²) in [7, 11) is 1.30. The van der Waals surface area contributed by atoms with Crippen molar-refractivity contribution in [1.82, 2.24) is 0 Å². The van der Waals surface area contributed by atoms with Gasteiger partial charge in [0, 0.05) is 17.8 Å². The summed E-state index contributed by atoms with van der Waals surface area (Å²) in [5.74, 6) is -0.401. The summed E-state index contributed by atoms with van der Waals surface area (Å²) in [6, 6.07) is 4.71. The Morgan fingerprint density at radius 3 is 2.35 bits per heavy atom. The summed E-state index contributed by atoms with van der Waals surface area (Å²) < 4.78 is 41.7. The van der Waals surface area contributed by atoms with Crippen LogP contribution in [0, 0.1) is 0 Å². The molecule has 1 rings (SSSR count). The molecule has 0 amide bonds. The van der Waals surface area contributed by atoms with Crippen molar-refractivity contribution in [2.24, 2.45) is 0 Å². The van der Waals surface area contributed by atoms with Crippen molar-refractivity contribution in [2.75, 3.05) is 19.0 Å². The van der Waals surface area contributed by atoms with E-state index in [-0.39, 0.29) is 0 Å². The summed E-state index contributed by atoms with van der Waals surface area (Å²) in [5.41, 5.74) is 0.379. The Morgan fingerprint density at radius 1 is 1.30 bits per heavy atom. The maximum atomic E-state index is 12.4. The van der Waals surface area contributed by atoms with E-state index in [2.05, 4.69) is 10.1 Å². The van der Waals surface area contributed by atoms with Gasteiger partial charge >= 0.3 is 12.1 Å². The molecule has 0 aromatic heterocycles. The van der Waals surface area contributed by atoms with E-state index in [4.69, 9.17) is 0 Å². The largest absolute Gasteiger partial charge is 0.466 e. The summed E-state index contributed by atoms with van der Waals surface area (Å²) >= 11 is 0. The third kappa shape index (κ3) is 4.60. The Bertz CT molecular complexity index is 478. The number of nitrogens with one attached hydrogen (secondary N) is 1. The van der Waals surface area contributed by atoms with Gasteiger partial charge in [0.15, 0.2) is 0 Å². The molecule has 1 aromatic rings. The fraction of sp³-hybridized carbons (Fsp3) is 0.357. The van der Waals surface area contributed by atoms with Crippen LogP contribution in [-0.4, -0.2) is 19.6 Å². The minimum Gasteiger partial charge on any atom is -0.466 e. The number of carbonyl (C=O) groups excluding carboxylic acids is 1. The Morgan fingerprint density at radius 2 is 1.90 bits per heavy atom. The topological polar surface area (TPSA) is 38.3 Å². The minimum absolute atomic E-state index is 0.337. The van der Waals surface area contributed by atoms with E-state index in [1.807, 2.05) is 6.92 Å². The van der Waals surface area contributed by atoms with Gasteiger partial charge in [0.2, 0.25) is 0 Å². The Labute approximate surface area is 115 Å². The molecule has 20 heavy (non-hydrogen) atoms. The second kappa shape index (κ2) is 6.98. The zero-order valence-electron chi connectivity index (χ0n) is 11.3. The van der Waals surface area contributed by atoms with Crippen molar-refractivity contribution in [3.63, 3.8) is 0 Å². The number of anilines is 1. The lowest BCUT2D eigenvalue weighted by Gasteiger charge is -2.09. The summed E-state index contributed by atoms with van der Waals surface area (Å²) in [5, 5.41) is 2.92. The molecule has 0 spiro atoms. The Kier molecular flexibility index (Phi) is 5.61. The average molecular weight is 287 g/mol. The number of hydrogen-bond acceptors (Lipinski definition) is 3. The first-order valence-electron chi connectivity index (χ1n) is 6.07. The zero-order chi connectivity index (χ0) is 15.2. The highest BCUT2D eigenvalue weighted by Gasteiger charge is 2.29. The first-order chi connectivity index (χ1) is 9.38. The van der Waals surface area contributed by atoms with Crippen LogP contribution < -0.4 is 5.32 Å². The summed E-state index contributed by atoms with van der Waals surface area (Å²) in [4.78, 5) is 11.3. The lowest BCUT2D eigenvalue weighted by Crippen LogP contribution is -2.08. The van der Waals surface area contributed by atoms with Crippen LogP contribution in [0.3, 0.4) is 0 Å². The van der Waals surface area contributed by atoms with Gasteiger partial charge in [-0.3, -0.25) is 0 Å². The number of alkyl halides is 3. The molecule has 0 saturated carbocycles. The van der Waals surface area contributed by atoms with Gasteiger partial charge in [0.05, 0.1) is 12.7 Å². The normalized spacial score (nSPS) is 12.2. The van der Waals surface area contributed by atoms with Crippen LogP contribution in [0.2, 0.25) is 0 Å². The summed E-state index contributed by atoms with van der Waals surface area (Å²) in [6.07, 6.45) is -2.15. The molecule has 1 aromatic carbocycles. The van der Waals surface area contributed by atoms with E-state index in [1.165, 1.54) is 19.2 Å². The van der Waals surface area contributed by atoms with Crippen LogP contribution in [-0.2, 0) is 15.7 Å². The zero-order valence-corrected chi connectivity index (χ0v) is 11.3. The third-order valence-electron chi connectivity index (χ3n) is 2.70. The molecule has 0 unspecified atom stereocenters. The number of rotatable bonds is 5. The van der Waals surface area contributed by atoms with Crippen molar-refractivity contribution in [3.05, 3.63) is 41.5 Å². The molecule has 1 N–H and O–H groups in total. The highest BCUT2D eigenvalue weighted by molar-refractivity contribution is 5.88. The molecule has 0 fully saturated rings. The summed E-state index contributed by atoms with van der Waals surface area (Å²) in [6.45, 7) is 2.16. The monoisotopic (exact) mass is 287 g/mol. The van der Waals surface area contributed by atoms with Crippen LogP contribution in [0.25, 0.3) is 0 Å². The van der Waals surface area contributed by atoms with Crippen molar-refractivity contribution >= 4 is 11.7 Å². The minimum atomic E-state index is -4.33. The smallest absolute Gasteiger partial charge is 0.416 e. The molecule has 0 aliphatic heterocycles. The Hall–Kier alpha value is -1.98.